The minimum atomic E-state index is -0.221. The first kappa shape index (κ1) is 20.8. The Labute approximate surface area is 183 Å². The number of hydrazone groups is 1. The van der Waals surface area contributed by atoms with Crippen molar-refractivity contribution in [1.82, 2.24) is 30.0 Å². The molecule has 0 saturated heterocycles. The third-order valence-electron chi connectivity index (χ3n) is 4.55. The van der Waals surface area contributed by atoms with Crippen molar-refractivity contribution in [3.8, 4) is 5.82 Å². The van der Waals surface area contributed by atoms with Crippen LogP contribution in [-0.4, -0.2) is 49.2 Å². The van der Waals surface area contributed by atoms with Crippen molar-refractivity contribution in [3.05, 3.63) is 72.3 Å². The zero-order valence-corrected chi connectivity index (χ0v) is 17.3. The zero-order chi connectivity index (χ0) is 22.3. The largest absolute Gasteiger partial charge is 0.352 e. The lowest BCUT2D eigenvalue weighted by Gasteiger charge is -2.04. The molecular weight excluding hydrogens is 408 g/mol. The van der Waals surface area contributed by atoms with E-state index in [1.807, 2.05) is 18.2 Å². The van der Waals surface area contributed by atoms with E-state index < -0.39 is 0 Å². The molecular formula is C22H20N8O2. The molecule has 1 amide bonds. The average molecular weight is 428 g/mol. The Morgan fingerprint density at radius 1 is 1.09 bits per heavy atom. The number of carbonyl (C=O) groups is 2. The molecule has 4 aromatic rings. The molecule has 0 radical (unpaired) electrons. The summed E-state index contributed by atoms with van der Waals surface area (Å²) < 4.78 is 1.63. The third kappa shape index (κ3) is 4.81. The molecule has 3 aromatic heterocycles. The summed E-state index contributed by atoms with van der Waals surface area (Å²) in [4.78, 5) is 35.9. The number of Topliss-reactive ketones (excluding diaryl/α,β-unsaturated/α-hetero) is 1. The fourth-order valence-corrected chi connectivity index (χ4v) is 2.92. The molecule has 0 unspecified atom stereocenters. The zero-order valence-electron chi connectivity index (χ0n) is 17.3. The highest BCUT2D eigenvalue weighted by Crippen LogP contribution is 2.20. The number of ketones is 1. The fraction of sp³-hybridized carbons (Fsp3) is 0.136. The summed E-state index contributed by atoms with van der Waals surface area (Å²) in [6.07, 6.45) is 6.71. The van der Waals surface area contributed by atoms with Gasteiger partial charge in [-0.05, 0) is 36.8 Å². The van der Waals surface area contributed by atoms with Crippen molar-refractivity contribution < 1.29 is 9.59 Å². The molecule has 32 heavy (non-hydrogen) atoms. The van der Waals surface area contributed by atoms with Crippen molar-refractivity contribution in [2.24, 2.45) is 5.10 Å². The number of anilines is 1. The Kier molecular flexibility index (Phi) is 6.21. The summed E-state index contributed by atoms with van der Waals surface area (Å²) in [6, 6.07) is 12.5. The number of nitrogens with one attached hydrogen (secondary N) is 2. The van der Waals surface area contributed by atoms with E-state index in [2.05, 4.69) is 35.9 Å². The molecule has 160 valence electrons. The predicted molar refractivity (Wildman–Crippen MR) is 120 cm³/mol. The van der Waals surface area contributed by atoms with Crippen LogP contribution in [-0.2, 0) is 4.79 Å². The number of fused-ring (bicyclic) bond motifs is 1. The maximum absolute atomic E-state index is 12.1. The number of hydrogen-bond donors (Lipinski definition) is 2. The highest BCUT2D eigenvalue weighted by Gasteiger charge is 2.11. The van der Waals surface area contributed by atoms with Gasteiger partial charge in [0.05, 0.1) is 17.8 Å². The van der Waals surface area contributed by atoms with E-state index >= 15 is 0 Å². The highest BCUT2D eigenvalue weighted by atomic mass is 16.1. The maximum Gasteiger partial charge on any atom is 0.251 e. The van der Waals surface area contributed by atoms with Crippen LogP contribution in [0.5, 0.6) is 0 Å². The van der Waals surface area contributed by atoms with Crippen LogP contribution < -0.4 is 10.7 Å². The van der Waals surface area contributed by atoms with Crippen LogP contribution in [0, 0.1) is 0 Å². The van der Waals surface area contributed by atoms with Gasteiger partial charge in [0.15, 0.2) is 17.3 Å². The molecule has 4 rings (SSSR count). The summed E-state index contributed by atoms with van der Waals surface area (Å²) in [5, 5.41) is 12.0. The Hall–Kier alpha value is -4.47. The van der Waals surface area contributed by atoms with Crippen LogP contribution in [0.15, 0.2) is 66.3 Å². The van der Waals surface area contributed by atoms with E-state index in [-0.39, 0.29) is 11.7 Å². The first-order valence-electron chi connectivity index (χ1n) is 9.89. The smallest absolute Gasteiger partial charge is 0.251 e. The fourth-order valence-electron chi connectivity index (χ4n) is 2.92. The van der Waals surface area contributed by atoms with Crippen molar-refractivity contribution in [2.75, 3.05) is 12.0 Å². The van der Waals surface area contributed by atoms with Crippen LogP contribution in [0.1, 0.15) is 29.3 Å². The van der Waals surface area contributed by atoms with Crippen molar-refractivity contribution in [1.29, 1.82) is 0 Å². The molecule has 1 aromatic carbocycles. The molecule has 0 aliphatic heterocycles. The monoisotopic (exact) mass is 428 g/mol. The van der Waals surface area contributed by atoms with Crippen LogP contribution in [0.4, 0.5) is 5.82 Å². The summed E-state index contributed by atoms with van der Waals surface area (Å²) >= 11 is 0. The third-order valence-corrected chi connectivity index (χ3v) is 4.55. The number of hydrogen-bond acceptors (Lipinski definition) is 8. The summed E-state index contributed by atoms with van der Waals surface area (Å²) in [5.74, 6) is 0.978. The first-order chi connectivity index (χ1) is 15.6. The molecule has 3 heterocycles. The van der Waals surface area contributed by atoms with Crippen LogP contribution >= 0.6 is 0 Å². The van der Waals surface area contributed by atoms with E-state index in [0.717, 1.165) is 5.56 Å². The molecule has 0 aliphatic rings. The number of nitrogens with zero attached hydrogens (tertiary/aromatic N) is 6. The van der Waals surface area contributed by atoms with Gasteiger partial charge in [-0.25, -0.2) is 15.0 Å². The van der Waals surface area contributed by atoms with Gasteiger partial charge in [-0.15, -0.1) is 0 Å². The second-order valence-corrected chi connectivity index (χ2v) is 6.90. The quantitative estimate of drug-likeness (QED) is 0.326. The number of pyridine rings is 1. The molecule has 0 atom stereocenters. The lowest BCUT2D eigenvalue weighted by Crippen LogP contribution is -2.25. The Morgan fingerprint density at radius 3 is 2.69 bits per heavy atom. The van der Waals surface area contributed by atoms with Crippen molar-refractivity contribution in [3.63, 3.8) is 0 Å². The van der Waals surface area contributed by atoms with Gasteiger partial charge < -0.3 is 5.32 Å². The Bertz CT molecular complexity index is 1270. The minimum Gasteiger partial charge on any atom is -0.352 e. The summed E-state index contributed by atoms with van der Waals surface area (Å²) in [6.45, 7) is 1.82. The van der Waals surface area contributed by atoms with Crippen LogP contribution in [0.3, 0.4) is 0 Å². The van der Waals surface area contributed by atoms with Gasteiger partial charge in [-0.3, -0.25) is 15.0 Å². The number of rotatable bonds is 8. The SMILES string of the molecule is CC(=O)CCNC(=O)c1ccc(/C=N/Nc2ncnc3c2cnn3-c2ccccn2)cc1. The summed E-state index contributed by atoms with van der Waals surface area (Å²) in [7, 11) is 0. The van der Waals surface area contributed by atoms with Crippen molar-refractivity contribution >= 4 is 34.8 Å². The van der Waals surface area contributed by atoms with Gasteiger partial charge in [0, 0.05) is 24.7 Å². The lowest BCUT2D eigenvalue weighted by atomic mass is 10.1. The van der Waals surface area contributed by atoms with Gasteiger partial charge >= 0.3 is 0 Å². The standard InChI is InChI=1S/C22H20N8O2/c1-15(31)9-11-24-22(32)17-7-5-16(6-8-17)12-27-29-20-18-13-28-30(21(18)26-14-25-20)19-4-2-3-10-23-19/h2-8,10,12-14H,9,11H2,1H3,(H,24,32)(H,25,26,29)/b27-12+. The average Bonchev–Trinajstić information content (AvgIpc) is 3.25. The maximum atomic E-state index is 12.1. The van der Waals surface area contributed by atoms with Gasteiger partial charge in [-0.2, -0.15) is 14.9 Å². The summed E-state index contributed by atoms with van der Waals surface area (Å²) in [5.41, 5.74) is 4.83. The van der Waals surface area contributed by atoms with Crippen LogP contribution in [0.25, 0.3) is 16.9 Å². The molecule has 10 heteroatoms. The molecule has 0 bridgehead atoms. The highest BCUT2D eigenvalue weighted by molar-refractivity contribution is 5.95. The van der Waals surface area contributed by atoms with Gasteiger partial charge in [0.2, 0.25) is 0 Å². The predicted octanol–water partition coefficient (Wildman–Crippen LogP) is 2.37. The van der Waals surface area contributed by atoms with Crippen LogP contribution in [0.2, 0.25) is 0 Å². The Balaban J connectivity index is 1.42. The number of carbonyl (C=O) groups excluding carboxylic acids is 2. The molecule has 10 nitrogen and oxygen atoms in total. The number of amides is 1. The first-order valence-corrected chi connectivity index (χ1v) is 9.89. The second kappa shape index (κ2) is 9.56. The molecule has 0 saturated carbocycles. The normalized spacial score (nSPS) is 11.0. The second-order valence-electron chi connectivity index (χ2n) is 6.90. The number of benzene rings is 1. The Morgan fingerprint density at radius 2 is 1.94 bits per heavy atom. The molecule has 0 spiro atoms. The molecule has 0 fully saturated rings. The van der Waals surface area contributed by atoms with E-state index in [4.69, 9.17) is 0 Å². The minimum absolute atomic E-state index is 0.0365. The number of aromatic nitrogens is 5. The van der Waals surface area contributed by atoms with E-state index in [1.54, 1.807) is 47.6 Å². The van der Waals surface area contributed by atoms with Gasteiger partial charge in [0.1, 0.15) is 12.1 Å². The van der Waals surface area contributed by atoms with Gasteiger partial charge in [-0.1, -0.05) is 18.2 Å². The topological polar surface area (TPSA) is 127 Å². The van der Waals surface area contributed by atoms with E-state index in [9.17, 15) is 9.59 Å². The van der Waals surface area contributed by atoms with Crippen molar-refractivity contribution in [2.45, 2.75) is 13.3 Å². The molecule has 2 N–H and O–H groups in total. The van der Waals surface area contributed by atoms with Gasteiger partial charge in [0.25, 0.3) is 5.91 Å². The lowest BCUT2D eigenvalue weighted by molar-refractivity contribution is -0.116. The van der Waals surface area contributed by atoms with E-state index in [0.29, 0.717) is 41.2 Å². The molecule has 0 aliphatic carbocycles. The van der Waals surface area contributed by atoms with E-state index in [1.165, 1.54) is 13.3 Å².